The van der Waals surface area contributed by atoms with Gasteiger partial charge in [0.15, 0.2) is 0 Å². The third-order valence-corrected chi connectivity index (χ3v) is 8.86. The maximum atomic E-state index is 13.0. The lowest BCUT2D eigenvalue weighted by Gasteiger charge is -2.47. The molecule has 2 amide bonds. The van der Waals surface area contributed by atoms with Crippen molar-refractivity contribution < 1.29 is 35.9 Å². The molecular formula is C27H30ClF3N2O5S. The Bertz CT molecular complexity index is 1340. The number of benzene rings is 1. The second kappa shape index (κ2) is 10.7. The van der Waals surface area contributed by atoms with Gasteiger partial charge in [-0.05, 0) is 67.7 Å². The average molecular weight is 587 g/mol. The Morgan fingerprint density at radius 2 is 1.72 bits per heavy atom. The minimum absolute atomic E-state index is 0.0627. The number of allylic oxidation sites excluding steroid dienone is 1. The molecule has 1 aliphatic carbocycles. The van der Waals surface area contributed by atoms with Crippen molar-refractivity contribution in [1.29, 1.82) is 0 Å². The first-order valence-electron chi connectivity index (χ1n) is 12.7. The minimum atomic E-state index is -4.95. The maximum Gasteiger partial charge on any atom is 0.471 e. The molecule has 2 aliphatic heterocycles. The first-order valence-corrected chi connectivity index (χ1v) is 15.0. The molecule has 2 unspecified atom stereocenters. The summed E-state index contributed by atoms with van der Waals surface area (Å²) in [5, 5.41) is 0. The number of hydrogen-bond acceptors (Lipinski definition) is 5. The number of ether oxygens (including phenoxy) is 1. The van der Waals surface area contributed by atoms with Crippen LogP contribution in [0.4, 0.5) is 13.2 Å². The van der Waals surface area contributed by atoms with Crippen LogP contribution < -0.4 is 0 Å². The molecule has 0 bridgehead atoms. The number of nitrogens with zero attached hydrogens (tertiary/aromatic N) is 2. The molecule has 0 aromatic heterocycles. The highest BCUT2D eigenvalue weighted by Crippen LogP contribution is 2.47. The number of hydrogen-bond donors (Lipinski definition) is 0. The molecule has 1 fully saturated rings. The Hall–Kier alpha value is -2.63. The topological polar surface area (TPSA) is 84.0 Å². The molecule has 1 saturated heterocycles. The fourth-order valence-corrected chi connectivity index (χ4v) is 6.30. The van der Waals surface area contributed by atoms with Gasteiger partial charge in [0.2, 0.25) is 0 Å². The fraction of sp³-hybridized carbons (Fsp3) is 0.481. The zero-order valence-electron chi connectivity index (χ0n) is 21.8. The summed E-state index contributed by atoms with van der Waals surface area (Å²) in [5.74, 6) is -2.41. The molecule has 0 saturated carbocycles. The van der Waals surface area contributed by atoms with Crippen LogP contribution in [0, 0.1) is 5.92 Å². The number of amides is 2. The van der Waals surface area contributed by atoms with Crippen LogP contribution in [0.15, 0.2) is 53.0 Å². The van der Waals surface area contributed by atoms with Gasteiger partial charge in [0.05, 0.1) is 16.6 Å². The standard InChI is InChI=1S/C27H30ClF3N2O5S/c1-4-32(5-2)24(34)19-8-6-18(7-9-19)22-16-26(10-12-33(13-11-26)25(35)27(29,30)31)38-23-17(3)14-20(15-21(22)23)39(28,36)37/h6-9,14-17,23H,4-5,10-13H2,1-3H3. The van der Waals surface area contributed by atoms with E-state index in [0.29, 0.717) is 35.4 Å². The van der Waals surface area contributed by atoms with Crippen molar-refractivity contribution in [3.63, 3.8) is 0 Å². The molecule has 1 spiro atoms. The Labute approximate surface area is 230 Å². The van der Waals surface area contributed by atoms with E-state index in [0.717, 1.165) is 4.90 Å². The van der Waals surface area contributed by atoms with Crippen molar-refractivity contribution in [3.05, 3.63) is 64.1 Å². The van der Waals surface area contributed by atoms with Gasteiger partial charge < -0.3 is 14.5 Å². The summed E-state index contributed by atoms with van der Waals surface area (Å²) in [6.45, 7) is 6.40. The van der Waals surface area contributed by atoms with Crippen LogP contribution in [0.3, 0.4) is 0 Å². The summed E-state index contributed by atoms with van der Waals surface area (Å²) >= 11 is 0. The fourth-order valence-electron chi connectivity index (χ4n) is 5.37. The van der Waals surface area contributed by atoms with Gasteiger partial charge >= 0.3 is 12.1 Å². The monoisotopic (exact) mass is 586 g/mol. The van der Waals surface area contributed by atoms with Crippen LogP contribution >= 0.6 is 10.7 Å². The zero-order valence-corrected chi connectivity index (χ0v) is 23.4. The van der Waals surface area contributed by atoms with Gasteiger partial charge in [-0.15, -0.1) is 0 Å². The van der Waals surface area contributed by atoms with Crippen molar-refractivity contribution >= 4 is 37.1 Å². The second-order valence-electron chi connectivity index (χ2n) is 9.97. The van der Waals surface area contributed by atoms with Crippen molar-refractivity contribution in [1.82, 2.24) is 9.80 Å². The summed E-state index contributed by atoms with van der Waals surface area (Å²) in [7, 11) is 1.63. The summed E-state index contributed by atoms with van der Waals surface area (Å²) in [5.41, 5.74) is 1.46. The number of rotatable bonds is 5. The molecule has 2 atom stereocenters. The summed E-state index contributed by atoms with van der Waals surface area (Å²) in [6, 6.07) is 6.92. The van der Waals surface area contributed by atoms with Crippen LogP contribution in [0.2, 0.25) is 0 Å². The van der Waals surface area contributed by atoms with E-state index in [-0.39, 0.29) is 36.7 Å². The van der Waals surface area contributed by atoms with Crippen molar-refractivity contribution in [2.75, 3.05) is 26.2 Å². The lowest BCUT2D eigenvalue weighted by molar-refractivity contribution is -0.189. The van der Waals surface area contributed by atoms with E-state index in [1.54, 1.807) is 36.1 Å². The van der Waals surface area contributed by atoms with Gasteiger partial charge in [0.1, 0.15) is 0 Å². The Morgan fingerprint density at radius 1 is 1.13 bits per heavy atom. The maximum absolute atomic E-state index is 13.0. The number of carbonyl (C=O) groups is 2. The molecule has 2 heterocycles. The number of fused-ring (bicyclic) bond motifs is 1. The van der Waals surface area contributed by atoms with E-state index in [2.05, 4.69) is 0 Å². The van der Waals surface area contributed by atoms with Gasteiger partial charge in [-0.2, -0.15) is 13.2 Å². The van der Waals surface area contributed by atoms with Crippen LogP contribution in [0.5, 0.6) is 0 Å². The van der Waals surface area contributed by atoms with E-state index in [1.165, 1.54) is 12.2 Å². The van der Waals surface area contributed by atoms with Crippen molar-refractivity contribution in [3.8, 4) is 0 Å². The molecule has 1 aromatic carbocycles. The smallest absolute Gasteiger partial charge is 0.362 e. The SMILES string of the molecule is CCN(CC)C(=O)c1ccc(C2=CC3(CCN(C(=O)C(F)(F)F)CC3)OC3C2=CC(S(=O)(=O)Cl)=CC3C)cc1. The first-order chi connectivity index (χ1) is 18.2. The molecule has 7 nitrogen and oxygen atoms in total. The van der Waals surface area contributed by atoms with E-state index in [1.807, 2.05) is 19.9 Å². The summed E-state index contributed by atoms with van der Waals surface area (Å²) in [6.07, 6.45) is -0.498. The van der Waals surface area contributed by atoms with E-state index in [4.69, 9.17) is 15.4 Å². The molecule has 3 aliphatic rings. The number of alkyl halides is 3. The largest absolute Gasteiger partial charge is 0.471 e. The number of likely N-dealkylation sites (tertiary alicyclic amines) is 1. The van der Waals surface area contributed by atoms with E-state index < -0.39 is 38.8 Å². The van der Waals surface area contributed by atoms with E-state index in [9.17, 15) is 31.2 Å². The van der Waals surface area contributed by atoms with Gasteiger partial charge in [-0.25, -0.2) is 8.42 Å². The molecule has 39 heavy (non-hydrogen) atoms. The third kappa shape index (κ3) is 5.95. The molecule has 212 valence electrons. The van der Waals surface area contributed by atoms with Crippen LogP contribution in [0.1, 0.15) is 49.5 Å². The highest BCUT2D eigenvalue weighted by molar-refractivity contribution is 8.17. The van der Waals surface area contributed by atoms with Crippen LogP contribution in [-0.4, -0.2) is 74.1 Å². The second-order valence-corrected chi connectivity index (χ2v) is 12.5. The number of halogens is 4. The molecule has 12 heteroatoms. The van der Waals surface area contributed by atoms with Gasteiger partial charge in [-0.1, -0.05) is 25.1 Å². The highest BCUT2D eigenvalue weighted by atomic mass is 35.7. The molecule has 0 N–H and O–H groups in total. The summed E-state index contributed by atoms with van der Waals surface area (Å²) < 4.78 is 69.9. The van der Waals surface area contributed by atoms with Crippen molar-refractivity contribution in [2.24, 2.45) is 5.92 Å². The molecule has 0 radical (unpaired) electrons. The zero-order chi connectivity index (χ0) is 28.8. The van der Waals surface area contributed by atoms with Gasteiger partial charge in [0, 0.05) is 48.3 Å². The molecular weight excluding hydrogens is 557 g/mol. The van der Waals surface area contributed by atoms with Gasteiger partial charge in [0.25, 0.3) is 15.0 Å². The normalized spacial score (nSPS) is 22.9. The average Bonchev–Trinajstić information content (AvgIpc) is 2.88. The molecule has 4 rings (SSSR count). The van der Waals surface area contributed by atoms with Crippen LogP contribution in [-0.2, 0) is 18.6 Å². The quantitative estimate of drug-likeness (QED) is 0.458. The third-order valence-electron chi connectivity index (χ3n) is 7.50. The predicted molar refractivity (Wildman–Crippen MR) is 141 cm³/mol. The Morgan fingerprint density at radius 3 is 2.23 bits per heavy atom. The summed E-state index contributed by atoms with van der Waals surface area (Å²) in [4.78, 5) is 27.0. The van der Waals surface area contributed by atoms with Crippen molar-refractivity contribution in [2.45, 2.75) is 51.5 Å². The lowest BCUT2D eigenvalue weighted by atomic mass is 9.77. The Kier molecular flexibility index (Phi) is 8.08. The first kappa shape index (κ1) is 29.4. The van der Waals surface area contributed by atoms with Gasteiger partial charge in [-0.3, -0.25) is 9.59 Å². The van der Waals surface area contributed by atoms with Crippen LogP contribution in [0.25, 0.3) is 5.57 Å². The molecule has 1 aromatic rings. The number of carbonyl (C=O) groups excluding carboxylic acids is 2. The highest BCUT2D eigenvalue weighted by Gasteiger charge is 2.48. The minimum Gasteiger partial charge on any atom is -0.362 e. The predicted octanol–water partition coefficient (Wildman–Crippen LogP) is 4.90. The lowest BCUT2D eigenvalue weighted by Crippen LogP contribution is -2.53. The van der Waals surface area contributed by atoms with E-state index >= 15 is 0 Å². The Balaban J connectivity index is 1.74. The number of piperidine rings is 1.